The van der Waals surface area contributed by atoms with E-state index in [1.807, 2.05) is 0 Å². The minimum Gasteiger partial charge on any atom is -0.465 e. The molecular formula is C18H23FN2O4. The third-order valence-electron chi connectivity index (χ3n) is 5.17. The molecule has 2 unspecified atom stereocenters. The summed E-state index contributed by atoms with van der Waals surface area (Å²) in [6.07, 6.45) is 5.97. The fourth-order valence-electron chi connectivity index (χ4n) is 3.71. The molecule has 0 aromatic rings. The largest absolute Gasteiger partial charge is 0.465 e. The van der Waals surface area contributed by atoms with Crippen molar-refractivity contribution >= 4 is 17.9 Å². The molecule has 25 heavy (non-hydrogen) atoms. The van der Waals surface area contributed by atoms with Crippen molar-refractivity contribution in [2.45, 2.75) is 56.7 Å². The van der Waals surface area contributed by atoms with Gasteiger partial charge in [-0.25, -0.2) is 9.18 Å². The standard InChI is InChI=1S/C18H23FN2O4/c19-16-13(12-7-8-12)4-2-9-18(16,20-17(24)25)10-3-11-21-14(22)5-1-6-15(21)23/h2,4,9,12,16,20H,1,3,5-8,10-11H2,(H,24,25). The van der Waals surface area contributed by atoms with Crippen molar-refractivity contribution in [2.75, 3.05) is 6.54 Å². The highest BCUT2D eigenvalue weighted by atomic mass is 19.1. The summed E-state index contributed by atoms with van der Waals surface area (Å²) >= 11 is 0. The average Bonchev–Trinajstić information content (AvgIpc) is 3.37. The SMILES string of the molecule is O=C(O)NC1(CCCN2C(=O)CCCC2=O)C=CC=C(C2CC2)C1F. The minimum atomic E-state index is -1.42. The molecule has 1 heterocycles. The first kappa shape index (κ1) is 17.6. The molecule has 136 valence electrons. The Hall–Kier alpha value is -2.18. The molecule has 7 heteroatoms. The number of nitrogens with one attached hydrogen (secondary N) is 1. The maximum Gasteiger partial charge on any atom is 0.405 e. The summed E-state index contributed by atoms with van der Waals surface area (Å²) in [5, 5.41) is 11.5. The maximum absolute atomic E-state index is 15.1. The molecule has 2 fully saturated rings. The summed E-state index contributed by atoms with van der Waals surface area (Å²) < 4.78 is 15.1. The lowest BCUT2D eigenvalue weighted by Gasteiger charge is -2.38. The zero-order valence-electron chi connectivity index (χ0n) is 14.0. The van der Waals surface area contributed by atoms with E-state index in [2.05, 4.69) is 5.32 Å². The van der Waals surface area contributed by atoms with Crippen molar-refractivity contribution in [1.29, 1.82) is 0 Å². The van der Waals surface area contributed by atoms with Gasteiger partial charge in [0, 0.05) is 19.4 Å². The van der Waals surface area contributed by atoms with Crippen LogP contribution < -0.4 is 5.32 Å². The Bertz CT molecular complexity index is 625. The molecule has 6 nitrogen and oxygen atoms in total. The zero-order valence-corrected chi connectivity index (χ0v) is 14.0. The van der Waals surface area contributed by atoms with Gasteiger partial charge in [0.05, 0.1) is 5.54 Å². The molecule has 1 aliphatic heterocycles. The predicted octanol–water partition coefficient (Wildman–Crippen LogP) is 2.56. The summed E-state index contributed by atoms with van der Waals surface area (Å²) in [4.78, 5) is 36.2. The Morgan fingerprint density at radius 1 is 1.32 bits per heavy atom. The smallest absolute Gasteiger partial charge is 0.405 e. The highest BCUT2D eigenvalue weighted by Gasteiger charge is 2.45. The van der Waals surface area contributed by atoms with E-state index in [4.69, 9.17) is 0 Å². The molecular weight excluding hydrogens is 327 g/mol. The molecule has 0 bridgehead atoms. The Labute approximate surface area is 145 Å². The zero-order chi connectivity index (χ0) is 18.0. The van der Waals surface area contributed by atoms with Crippen molar-refractivity contribution < 1.29 is 23.9 Å². The summed E-state index contributed by atoms with van der Waals surface area (Å²) in [7, 11) is 0. The number of carboxylic acid groups (broad SMARTS) is 1. The van der Waals surface area contributed by atoms with E-state index in [1.165, 1.54) is 4.90 Å². The van der Waals surface area contributed by atoms with Crippen LogP contribution in [0.25, 0.3) is 0 Å². The van der Waals surface area contributed by atoms with Gasteiger partial charge in [-0.3, -0.25) is 14.5 Å². The van der Waals surface area contributed by atoms with Crippen LogP contribution in [-0.2, 0) is 9.59 Å². The lowest BCUT2D eigenvalue weighted by Crippen LogP contribution is -2.55. The third kappa shape index (κ3) is 3.75. The maximum atomic E-state index is 15.1. The second kappa shape index (κ2) is 6.98. The Kier molecular flexibility index (Phi) is 4.92. The number of likely N-dealkylation sites (tertiary alicyclic amines) is 1. The number of halogens is 1. The van der Waals surface area contributed by atoms with Crippen molar-refractivity contribution in [2.24, 2.45) is 5.92 Å². The molecule has 2 N–H and O–H groups in total. The number of alkyl halides is 1. The van der Waals surface area contributed by atoms with E-state index < -0.39 is 17.8 Å². The highest BCUT2D eigenvalue weighted by Crippen LogP contribution is 2.44. The molecule has 3 amide bonds. The number of imide groups is 1. The molecule has 1 saturated heterocycles. The number of rotatable bonds is 6. The van der Waals surface area contributed by atoms with E-state index in [-0.39, 0.29) is 30.7 Å². The van der Waals surface area contributed by atoms with Gasteiger partial charge in [-0.2, -0.15) is 0 Å². The van der Waals surface area contributed by atoms with Crippen LogP contribution in [0.4, 0.5) is 9.18 Å². The van der Waals surface area contributed by atoms with Crippen LogP contribution in [0.1, 0.15) is 44.9 Å². The second-order valence-corrected chi connectivity index (χ2v) is 7.03. The number of hydrogen-bond donors (Lipinski definition) is 2. The van der Waals surface area contributed by atoms with Crippen LogP contribution in [0, 0.1) is 5.92 Å². The highest BCUT2D eigenvalue weighted by molar-refractivity contribution is 5.97. The summed E-state index contributed by atoms with van der Waals surface area (Å²) in [5.74, 6) is -0.211. The number of amides is 3. The number of piperidine rings is 1. The van der Waals surface area contributed by atoms with Gasteiger partial charge in [-0.05, 0) is 43.6 Å². The van der Waals surface area contributed by atoms with Gasteiger partial charge in [0.2, 0.25) is 11.8 Å². The number of hydrogen-bond acceptors (Lipinski definition) is 3. The Morgan fingerprint density at radius 2 is 2.00 bits per heavy atom. The predicted molar refractivity (Wildman–Crippen MR) is 88.5 cm³/mol. The van der Waals surface area contributed by atoms with Crippen LogP contribution >= 0.6 is 0 Å². The van der Waals surface area contributed by atoms with E-state index in [0.717, 1.165) is 12.8 Å². The van der Waals surface area contributed by atoms with E-state index in [9.17, 15) is 19.5 Å². The van der Waals surface area contributed by atoms with Crippen LogP contribution in [0.3, 0.4) is 0 Å². The van der Waals surface area contributed by atoms with Crippen molar-refractivity contribution in [3.63, 3.8) is 0 Å². The molecule has 0 aromatic heterocycles. The summed E-state index contributed by atoms with van der Waals surface area (Å²) in [6.45, 7) is 0.198. The number of carbonyl (C=O) groups excluding carboxylic acids is 2. The van der Waals surface area contributed by atoms with E-state index >= 15 is 4.39 Å². The van der Waals surface area contributed by atoms with E-state index in [1.54, 1.807) is 18.2 Å². The Balaban J connectivity index is 1.68. The van der Waals surface area contributed by atoms with Crippen molar-refractivity contribution in [1.82, 2.24) is 10.2 Å². The van der Waals surface area contributed by atoms with Crippen LogP contribution in [-0.4, -0.2) is 46.2 Å². The number of nitrogens with zero attached hydrogens (tertiary/aromatic N) is 1. The fraction of sp³-hybridized carbons (Fsp3) is 0.611. The van der Waals surface area contributed by atoms with Gasteiger partial charge < -0.3 is 10.4 Å². The molecule has 3 aliphatic rings. The first-order valence-corrected chi connectivity index (χ1v) is 8.80. The fourth-order valence-corrected chi connectivity index (χ4v) is 3.71. The number of carbonyl (C=O) groups is 3. The monoisotopic (exact) mass is 350 g/mol. The Morgan fingerprint density at radius 3 is 2.60 bits per heavy atom. The quantitative estimate of drug-likeness (QED) is 0.721. The lowest BCUT2D eigenvalue weighted by molar-refractivity contribution is -0.148. The van der Waals surface area contributed by atoms with Crippen molar-refractivity contribution in [3.8, 4) is 0 Å². The van der Waals surface area contributed by atoms with Crippen LogP contribution in [0.2, 0.25) is 0 Å². The molecule has 2 aliphatic carbocycles. The molecule has 1 saturated carbocycles. The van der Waals surface area contributed by atoms with Gasteiger partial charge in [0.15, 0.2) is 0 Å². The molecule has 3 rings (SSSR count). The molecule has 0 aromatic carbocycles. The van der Waals surface area contributed by atoms with Crippen LogP contribution in [0.5, 0.6) is 0 Å². The molecule has 2 atom stereocenters. The van der Waals surface area contributed by atoms with Gasteiger partial charge in [0.25, 0.3) is 0 Å². The van der Waals surface area contributed by atoms with Gasteiger partial charge in [0.1, 0.15) is 6.17 Å². The van der Waals surface area contributed by atoms with Gasteiger partial charge in [-0.15, -0.1) is 0 Å². The molecule has 0 radical (unpaired) electrons. The second-order valence-electron chi connectivity index (χ2n) is 7.03. The topological polar surface area (TPSA) is 86.7 Å². The normalized spacial score (nSPS) is 29.6. The molecule has 0 spiro atoms. The summed E-state index contributed by atoms with van der Waals surface area (Å²) in [5.41, 5.74) is -0.693. The van der Waals surface area contributed by atoms with Gasteiger partial charge in [-0.1, -0.05) is 18.2 Å². The average molecular weight is 350 g/mol. The first-order chi connectivity index (χ1) is 11.9. The minimum absolute atomic E-state index is 0.193. The third-order valence-corrected chi connectivity index (χ3v) is 5.17. The van der Waals surface area contributed by atoms with E-state index in [0.29, 0.717) is 31.3 Å². The van der Waals surface area contributed by atoms with Gasteiger partial charge >= 0.3 is 6.09 Å². The van der Waals surface area contributed by atoms with Crippen molar-refractivity contribution in [3.05, 3.63) is 23.8 Å². The first-order valence-electron chi connectivity index (χ1n) is 8.80. The summed E-state index contributed by atoms with van der Waals surface area (Å²) in [6, 6.07) is 0. The van der Waals surface area contributed by atoms with Crippen LogP contribution in [0.15, 0.2) is 23.8 Å². The lowest BCUT2D eigenvalue weighted by atomic mass is 9.79. The number of allylic oxidation sites excluding steroid dienone is 2.